The van der Waals surface area contributed by atoms with Gasteiger partial charge in [-0.3, -0.25) is 19.7 Å². The van der Waals surface area contributed by atoms with Crippen LogP contribution >= 0.6 is 0 Å². The number of carbonyl (C=O) groups is 2. The van der Waals surface area contributed by atoms with Gasteiger partial charge in [-0.2, -0.15) is 0 Å². The largest absolute Gasteiger partial charge is 0.361 e. The Morgan fingerprint density at radius 3 is 2.64 bits per heavy atom. The molecule has 0 saturated heterocycles. The number of nitro benzene ring substituents is 1. The summed E-state index contributed by atoms with van der Waals surface area (Å²) in [6, 6.07) is 6.87. The number of amides is 2. The second-order valence-electron chi connectivity index (χ2n) is 8.78. The number of imide groups is 1. The van der Waals surface area contributed by atoms with Crippen LogP contribution in [0.2, 0.25) is 25.7 Å². The summed E-state index contributed by atoms with van der Waals surface area (Å²) in [5.41, 5.74) is 1.10. The third kappa shape index (κ3) is 5.48. The highest BCUT2D eigenvalue weighted by molar-refractivity contribution is 6.76. The van der Waals surface area contributed by atoms with Crippen molar-refractivity contribution in [3.05, 3.63) is 52.5 Å². The van der Waals surface area contributed by atoms with Crippen molar-refractivity contribution in [3.63, 3.8) is 0 Å². The van der Waals surface area contributed by atoms with Crippen molar-refractivity contribution in [2.75, 3.05) is 6.61 Å². The zero-order chi connectivity index (χ0) is 24.3. The van der Waals surface area contributed by atoms with E-state index in [1.165, 1.54) is 37.6 Å². The zero-order valence-corrected chi connectivity index (χ0v) is 19.9. The molecule has 0 spiro atoms. The van der Waals surface area contributed by atoms with Crippen molar-refractivity contribution < 1.29 is 19.2 Å². The number of nitrogens with two attached hydrogens (primary N) is 1. The molecule has 0 aliphatic rings. The highest BCUT2D eigenvalue weighted by Gasteiger charge is 2.26. The molecule has 0 aliphatic heterocycles. The van der Waals surface area contributed by atoms with Crippen LogP contribution in [0.15, 0.2) is 36.8 Å². The van der Waals surface area contributed by atoms with Gasteiger partial charge in [0.1, 0.15) is 18.7 Å². The van der Waals surface area contributed by atoms with E-state index in [0.29, 0.717) is 33.9 Å². The molecule has 11 nitrogen and oxygen atoms in total. The Bertz CT molecular complexity index is 1220. The summed E-state index contributed by atoms with van der Waals surface area (Å²) in [5, 5.41) is 12.1. The molecule has 2 N–H and O–H groups in total. The van der Waals surface area contributed by atoms with E-state index in [9.17, 15) is 19.7 Å². The first-order valence-corrected chi connectivity index (χ1v) is 14.0. The predicted octanol–water partition coefficient (Wildman–Crippen LogP) is 3.18. The van der Waals surface area contributed by atoms with Crippen LogP contribution in [-0.2, 0) is 16.3 Å². The van der Waals surface area contributed by atoms with E-state index in [1.807, 2.05) is 0 Å². The summed E-state index contributed by atoms with van der Waals surface area (Å²) < 4.78 is 7.47. The van der Waals surface area contributed by atoms with Crippen molar-refractivity contribution in [1.82, 2.24) is 19.5 Å². The molecule has 0 unspecified atom stereocenters. The maximum Gasteiger partial charge on any atom is 0.277 e. The molecule has 3 rings (SSSR count). The lowest BCUT2D eigenvalue weighted by Crippen LogP contribution is -2.41. The average Bonchev–Trinajstić information content (AvgIpc) is 3.13. The van der Waals surface area contributed by atoms with Gasteiger partial charge in [0, 0.05) is 45.5 Å². The predicted molar refractivity (Wildman–Crippen MR) is 125 cm³/mol. The van der Waals surface area contributed by atoms with E-state index in [1.54, 1.807) is 10.6 Å². The lowest BCUT2D eigenvalue weighted by Gasteiger charge is -2.15. The van der Waals surface area contributed by atoms with Crippen LogP contribution in [0.1, 0.15) is 17.3 Å². The number of ether oxygens (including phenoxy) is 1. The quantitative estimate of drug-likeness (QED) is 0.132. The molecule has 2 amide bonds. The van der Waals surface area contributed by atoms with E-state index in [0.717, 1.165) is 6.04 Å². The number of hydrogen-bond donors (Lipinski definition) is 1. The number of hydrogen-bond acceptors (Lipinski definition) is 8. The molecule has 0 fully saturated rings. The molecule has 12 heteroatoms. The lowest BCUT2D eigenvalue weighted by atomic mass is 10.1. The minimum atomic E-state index is -1.29. The number of hydrazine groups is 1. The fourth-order valence-corrected chi connectivity index (χ4v) is 3.94. The second-order valence-corrected chi connectivity index (χ2v) is 14.4. The monoisotopic (exact) mass is 470 g/mol. The number of fused-ring (bicyclic) bond motifs is 1. The topological polar surface area (TPSA) is 146 Å². The van der Waals surface area contributed by atoms with Crippen LogP contribution in [-0.4, -0.2) is 51.0 Å². The number of aromatic nitrogens is 3. The first-order valence-electron chi connectivity index (χ1n) is 10.3. The number of nitrogens with zero attached hydrogens (tertiary/aromatic N) is 5. The van der Waals surface area contributed by atoms with Crippen molar-refractivity contribution in [1.29, 1.82) is 0 Å². The first kappa shape index (κ1) is 24.2. The highest BCUT2D eigenvalue weighted by Crippen LogP contribution is 2.32. The summed E-state index contributed by atoms with van der Waals surface area (Å²) in [4.78, 5) is 44.1. The normalized spacial score (nSPS) is 11.5. The van der Waals surface area contributed by atoms with Crippen LogP contribution < -0.4 is 5.84 Å². The molecular weight excluding hydrogens is 444 g/mol. The Kier molecular flexibility index (Phi) is 7.00. The van der Waals surface area contributed by atoms with Crippen LogP contribution in [0.25, 0.3) is 22.3 Å². The molecule has 174 valence electrons. The van der Waals surface area contributed by atoms with Gasteiger partial charge >= 0.3 is 0 Å². The van der Waals surface area contributed by atoms with E-state index >= 15 is 0 Å². The Balaban J connectivity index is 2.12. The molecule has 0 aliphatic carbocycles. The number of benzene rings is 1. The van der Waals surface area contributed by atoms with E-state index in [-0.39, 0.29) is 18.0 Å². The third-order valence-corrected chi connectivity index (χ3v) is 6.70. The Morgan fingerprint density at radius 2 is 2.00 bits per heavy atom. The molecule has 1 aromatic carbocycles. The van der Waals surface area contributed by atoms with Crippen molar-refractivity contribution in [3.8, 4) is 11.3 Å². The molecule has 3 aromatic rings. The maximum absolute atomic E-state index is 13.0. The zero-order valence-electron chi connectivity index (χ0n) is 18.9. The van der Waals surface area contributed by atoms with Crippen molar-refractivity contribution in [2.24, 2.45) is 5.84 Å². The van der Waals surface area contributed by atoms with Crippen LogP contribution in [0.4, 0.5) is 5.69 Å². The van der Waals surface area contributed by atoms with Gasteiger partial charge in [0.05, 0.1) is 21.6 Å². The minimum Gasteiger partial charge on any atom is -0.361 e. The fraction of sp³-hybridized carbons (Fsp3) is 0.333. The molecule has 2 heterocycles. The lowest BCUT2D eigenvalue weighted by molar-refractivity contribution is -0.384. The van der Waals surface area contributed by atoms with Crippen molar-refractivity contribution in [2.45, 2.75) is 39.3 Å². The van der Waals surface area contributed by atoms with E-state index < -0.39 is 24.8 Å². The molecule has 0 radical (unpaired) electrons. The van der Waals surface area contributed by atoms with Gasteiger partial charge in [0.2, 0.25) is 5.91 Å². The smallest absolute Gasteiger partial charge is 0.277 e. The number of non-ortho nitro benzene ring substituents is 1. The van der Waals surface area contributed by atoms with Gasteiger partial charge in [0.25, 0.3) is 11.6 Å². The molecule has 2 aromatic heterocycles. The molecule has 0 saturated carbocycles. The first-order chi connectivity index (χ1) is 15.5. The standard InChI is InChI=1S/C21H26N6O5Si/c1-14(28)26(22)21(29)17-11-25(13-32-8-9-33(2,3)4)20-18(17)19(23-12-24-20)15-6-5-7-16(10-15)27(30)31/h5-7,10-12H,8-9,13,22H2,1-4H3. The second kappa shape index (κ2) is 9.56. The van der Waals surface area contributed by atoms with Gasteiger partial charge in [-0.25, -0.2) is 20.8 Å². The van der Waals surface area contributed by atoms with Gasteiger partial charge in [0.15, 0.2) is 0 Å². The fourth-order valence-electron chi connectivity index (χ4n) is 3.18. The average molecular weight is 471 g/mol. The number of carbonyl (C=O) groups excluding carboxylic acids is 2. The third-order valence-electron chi connectivity index (χ3n) is 5.00. The number of nitro groups is 1. The SMILES string of the molecule is CC(=O)N(N)C(=O)c1cn(COCC[Si](C)(C)C)c2ncnc(-c3cccc([N+](=O)[O-])c3)c12. The van der Waals surface area contributed by atoms with Gasteiger partial charge in [-0.1, -0.05) is 31.8 Å². The van der Waals surface area contributed by atoms with Crippen LogP contribution in [0, 0.1) is 10.1 Å². The van der Waals surface area contributed by atoms with Gasteiger partial charge < -0.3 is 9.30 Å². The van der Waals surface area contributed by atoms with Gasteiger partial charge in [-0.05, 0) is 6.04 Å². The maximum atomic E-state index is 13.0. The Morgan fingerprint density at radius 1 is 1.27 bits per heavy atom. The summed E-state index contributed by atoms with van der Waals surface area (Å²) in [7, 11) is -1.29. The van der Waals surface area contributed by atoms with E-state index in [2.05, 4.69) is 29.6 Å². The summed E-state index contributed by atoms with van der Waals surface area (Å²) in [6.45, 7) is 8.59. The molecular formula is C21H26N6O5Si. The Labute approximate surface area is 191 Å². The molecule has 0 atom stereocenters. The van der Waals surface area contributed by atoms with Gasteiger partial charge in [-0.15, -0.1) is 0 Å². The minimum absolute atomic E-state index is 0.0959. The Hall–Kier alpha value is -3.48. The summed E-state index contributed by atoms with van der Waals surface area (Å²) >= 11 is 0. The number of rotatable bonds is 8. The van der Waals surface area contributed by atoms with Crippen LogP contribution in [0.5, 0.6) is 0 Å². The van der Waals surface area contributed by atoms with Crippen molar-refractivity contribution >= 4 is 36.6 Å². The molecule has 33 heavy (non-hydrogen) atoms. The van der Waals surface area contributed by atoms with E-state index in [4.69, 9.17) is 10.6 Å². The molecule has 0 bridgehead atoms. The summed E-state index contributed by atoms with van der Waals surface area (Å²) in [6.07, 6.45) is 2.83. The highest BCUT2D eigenvalue weighted by atomic mass is 28.3. The summed E-state index contributed by atoms with van der Waals surface area (Å²) in [5.74, 6) is 4.30. The van der Waals surface area contributed by atoms with Crippen LogP contribution in [0.3, 0.4) is 0 Å².